The maximum absolute atomic E-state index is 12.4. The Hall–Kier alpha value is -2.67. The highest BCUT2D eigenvalue weighted by Gasteiger charge is 2.18. The van der Waals surface area contributed by atoms with Crippen LogP contribution < -0.4 is 9.47 Å². The van der Waals surface area contributed by atoms with Crippen LogP contribution in [0.25, 0.3) is 0 Å². The third kappa shape index (κ3) is 3.66. The van der Waals surface area contributed by atoms with E-state index >= 15 is 0 Å². The van der Waals surface area contributed by atoms with Gasteiger partial charge >= 0.3 is 0 Å². The van der Waals surface area contributed by atoms with E-state index in [0.29, 0.717) is 13.0 Å². The number of carbonyl (C=O) groups is 1. The van der Waals surface area contributed by atoms with Crippen LogP contribution in [0.4, 0.5) is 5.69 Å². The van der Waals surface area contributed by atoms with Gasteiger partial charge in [-0.1, -0.05) is 24.3 Å². The van der Waals surface area contributed by atoms with Crippen molar-refractivity contribution in [3.63, 3.8) is 0 Å². The van der Waals surface area contributed by atoms with Crippen LogP contribution in [0.2, 0.25) is 0 Å². The Morgan fingerprint density at radius 3 is 2.40 bits per heavy atom. The number of hydrogen-bond acceptors (Lipinski definition) is 2. The molecule has 0 N–H and O–H groups in total. The molecule has 0 spiro atoms. The first kappa shape index (κ1) is 13.8. The summed E-state index contributed by atoms with van der Waals surface area (Å²) < 4.78 is 1.82. The van der Waals surface area contributed by atoms with Crippen molar-refractivity contribution >= 4 is 11.6 Å². The van der Waals surface area contributed by atoms with Gasteiger partial charge in [0, 0.05) is 24.4 Å². The largest absolute Gasteiger partial charge is 0.306 e. The summed E-state index contributed by atoms with van der Waals surface area (Å²) in [7, 11) is 0. The number of rotatable bonds is 5. The van der Waals surface area contributed by atoms with Gasteiger partial charge in [0.25, 0.3) is 5.91 Å². The van der Waals surface area contributed by atoms with Crippen LogP contribution in [0.3, 0.4) is 0 Å². The fraction of sp³-hybridized carbons (Fsp3) is 0.188. The zero-order valence-corrected chi connectivity index (χ0v) is 11.1. The average Bonchev–Trinajstić information content (AvgIpc) is 2.50. The molecule has 0 atom stereocenters. The highest BCUT2D eigenvalue weighted by Crippen LogP contribution is 2.13. The SMILES string of the molecule is N#CCCN(C(=O)C[n+]1ccccc1)c1ccccc1. The van der Waals surface area contributed by atoms with Crippen LogP contribution in [0.15, 0.2) is 60.9 Å². The lowest BCUT2D eigenvalue weighted by Gasteiger charge is -2.20. The van der Waals surface area contributed by atoms with E-state index < -0.39 is 0 Å². The molecule has 4 heteroatoms. The van der Waals surface area contributed by atoms with Gasteiger partial charge in [0.2, 0.25) is 6.54 Å². The average molecular weight is 266 g/mol. The lowest BCUT2D eigenvalue weighted by molar-refractivity contribution is -0.684. The molecule has 0 fully saturated rings. The van der Waals surface area contributed by atoms with E-state index in [1.54, 1.807) is 4.90 Å². The maximum Gasteiger partial charge on any atom is 0.292 e. The van der Waals surface area contributed by atoms with Crippen LogP contribution in [0.5, 0.6) is 0 Å². The topological polar surface area (TPSA) is 48.0 Å². The number of para-hydroxylation sites is 1. The van der Waals surface area contributed by atoms with Gasteiger partial charge in [-0.2, -0.15) is 9.83 Å². The van der Waals surface area contributed by atoms with Crippen molar-refractivity contribution in [2.45, 2.75) is 13.0 Å². The molecule has 2 aromatic rings. The van der Waals surface area contributed by atoms with Crippen molar-refractivity contribution in [3.8, 4) is 6.07 Å². The lowest BCUT2D eigenvalue weighted by Crippen LogP contribution is -2.44. The molecular formula is C16H16N3O+. The van der Waals surface area contributed by atoms with Crippen LogP contribution in [-0.2, 0) is 11.3 Å². The molecule has 1 heterocycles. The summed E-state index contributed by atoms with van der Waals surface area (Å²) in [5.74, 6) is -0.0253. The Labute approximate surface area is 118 Å². The highest BCUT2D eigenvalue weighted by atomic mass is 16.2. The summed E-state index contributed by atoms with van der Waals surface area (Å²) in [6.45, 7) is 0.675. The summed E-state index contributed by atoms with van der Waals surface area (Å²) in [5.41, 5.74) is 0.823. The van der Waals surface area contributed by atoms with Gasteiger partial charge in [0.05, 0.1) is 12.5 Å². The Balaban J connectivity index is 2.14. The molecule has 20 heavy (non-hydrogen) atoms. The standard InChI is InChI=1S/C16H16N3O/c17-10-7-13-19(15-8-3-1-4-9-15)16(20)14-18-11-5-2-6-12-18/h1-6,8-9,11-12H,7,13-14H2/q+1. The van der Waals surface area contributed by atoms with E-state index in [0.717, 1.165) is 5.69 Å². The zero-order chi connectivity index (χ0) is 14.2. The van der Waals surface area contributed by atoms with Crippen molar-refractivity contribution in [1.82, 2.24) is 0 Å². The molecule has 1 amide bonds. The predicted octanol–water partition coefficient (Wildman–Crippen LogP) is 1.92. The van der Waals surface area contributed by atoms with E-state index in [9.17, 15) is 4.79 Å². The molecule has 0 saturated carbocycles. The predicted molar refractivity (Wildman–Crippen MR) is 75.7 cm³/mol. The summed E-state index contributed by atoms with van der Waals surface area (Å²) in [5, 5.41) is 8.74. The lowest BCUT2D eigenvalue weighted by atomic mass is 10.2. The molecule has 1 aromatic carbocycles. The van der Waals surface area contributed by atoms with E-state index in [1.165, 1.54) is 0 Å². The number of hydrogen-bond donors (Lipinski definition) is 0. The molecule has 0 aliphatic heterocycles. The van der Waals surface area contributed by atoms with Gasteiger partial charge in [-0.05, 0) is 12.1 Å². The second kappa shape index (κ2) is 7.05. The van der Waals surface area contributed by atoms with Crippen LogP contribution >= 0.6 is 0 Å². The first-order chi connectivity index (χ1) is 9.81. The summed E-state index contributed by atoms with van der Waals surface area (Å²) in [4.78, 5) is 14.1. The number of nitriles is 1. The Bertz CT molecular complexity index is 590. The molecule has 2 rings (SSSR count). The van der Waals surface area contributed by atoms with E-state index in [2.05, 4.69) is 6.07 Å². The Kier molecular flexibility index (Phi) is 4.85. The minimum atomic E-state index is -0.0253. The summed E-state index contributed by atoms with van der Waals surface area (Å²) >= 11 is 0. The van der Waals surface area contributed by atoms with Gasteiger partial charge in [0.15, 0.2) is 12.4 Å². The monoisotopic (exact) mass is 266 g/mol. The highest BCUT2D eigenvalue weighted by molar-refractivity contribution is 5.92. The number of anilines is 1. The first-order valence-electron chi connectivity index (χ1n) is 6.47. The van der Waals surface area contributed by atoms with Crippen molar-refractivity contribution in [2.75, 3.05) is 11.4 Å². The molecule has 4 nitrogen and oxygen atoms in total. The zero-order valence-electron chi connectivity index (χ0n) is 11.1. The van der Waals surface area contributed by atoms with E-state index in [-0.39, 0.29) is 12.5 Å². The van der Waals surface area contributed by atoms with E-state index in [1.807, 2.05) is 65.5 Å². The van der Waals surface area contributed by atoms with Crippen molar-refractivity contribution in [1.29, 1.82) is 5.26 Å². The van der Waals surface area contributed by atoms with Crippen molar-refractivity contribution in [3.05, 3.63) is 60.9 Å². The van der Waals surface area contributed by atoms with Crippen molar-refractivity contribution < 1.29 is 9.36 Å². The molecule has 1 aromatic heterocycles. The first-order valence-corrected chi connectivity index (χ1v) is 6.47. The van der Waals surface area contributed by atoms with Gasteiger partial charge in [0.1, 0.15) is 0 Å². The second-order valence-electron chi connectivity index (χ2n) is 4.34. The van der Waals surface area contributed by atoms with Gasteiger partial charge < -0.3 is 4.90 Å². The number of nitrogens with zero attached hydrogens (tertiary/aromatic N) is 3. The number of benzene rings is 1. The van der Waals surface area contributed by atoms with Crippen LogP contribution in [-0.4, -0.2) is 12.5 Å². The molecule has 0 aliphatic rings. The third-order valence-corrected chi connectivity index (χ3v) is 2.91. The molecule has 0 bridgehead atoms. The van der Waals surface area contributed by atoms with Crippen LogP contribution in [0.1, 0.15) is 6.42 Å². The van der Waals surface area contributed by atoms with E-state index in [4.69, 9.17) is 5.26 Å². The molecule has 0 unspecified atom stereocenters. The molecule has 0 saturated heterocycles. The third-order valence-electron chi connectivity index (χ3n) is 2.91. The van der Waals surface area contributed by atoms with Gasteiger partial charge in [-0.15, -0.1) is 0 Å². The minimum absolute atomic E-state index is 0.0253. The smallest absolute Gasteiger partial charge is 0.292 e. The van der Waals surface area contributed by atoms with Gasteiger partial charge in [-0.25, -0.2) is 0 Å². The molecular weight excluding hydrogens is 250 g/mol. The minimum Gasteiger partial charge on any atom is -0.306 e. The van der Waals surface area contributed by atoms with Crippen molar-refractivity contribution in [2.24, 2.45) is 0 Å². The fourth-order valence-corrected chi connectivity index (χ4v) is 1.95. The number of aromatic nitrogens is 1. The number of carbonyl (C=O) groups excluding carboxylic acids is 1. The molecule has 0 aliphatic carbocycles. The number of pyridine rings is 1. The fourth-order valence-electron chi connectivity index (χ4n) is 1.95. The Morgan fingerprint density at radius 1 is 1.10 bits per heavy atom. The summed E-state index contributed by atoms with van der Waals surface area (Å²) in [6, 6.07) is 17.2. The Morgan fingerprint density at radius 2 is 1.75 bits per heavy atom. The summed E-state index contributed by atoms with van der Waals surface area (Å²) in [6.07, 6.45) is 4.02. The second-order valence-corrected chi connectivity index (χ2v) is 4.34. The van der Waals surface area contributed by atoms with Crippen LogP contribution in [0, 0.1) is 11.3 Å². The quantitative estimate of drug-likeness (QED) is 0.776. The van der Waals surface area contributed by atoms with Gasteiger partial charge in [-0.3, -0.25) is 4.79 Å². The number of amides is 1. The molecule has 100 valence electrons. The molecule has 0 radical (unpaired) electrons. The normalized spacial score (nSPS) is 9.75. The maximum atomic E-state index is 12.4.